The van der Waals surface area contributed by atoms with Crippen molar-refractivity contribution >= 4 is 11.7 Å². The molecule has 0 unspecified atom stereocenters. The SMILES string of the molecule is N[C@H](C(=O)O)c1cc([N+](=O)[O-])ccc1Oc1cccc(C(F)(F)F)c1. The van der Waals surface area contributed by atoms with Gasteiger partial charge in [0.1, 0.15) is 17.5 Å². The van der Waals surface area contributed by atoms with E-state index in [2.05, 4.69) is 0 Å². The summed E-state index contributed by atoms with van der Waals surface area (Å²) in [6.45, 7) is 0. The van der Waals surface area contributed by atoms with Crippen molar-refractivity contribution in [3.63, 3.8) is 0 Å². The minimum atomic E-state index is -4.59. The van der Waals surface area contributed by atoms with Gasteiger partial charge in [-0.1, -0.05) is 6.07 Å². The highest BCUT2D eigenvalue weighted by Crippen LogP contribution is 2.35. The van der Waals surface area contributed by atoms with Gasteiger partial charge < -0.3 is 15.6 Å². The summed E-state index contributed by atoms with van der Waals surface area (Å²) in [5.41, 5.74) is 3.85. The molecule has 3 N–H and O–H groups in total. The number of carbonyl (C=O) groups is 1. The summed E-state index contributed by atoms with van der Waals surface area (Å²) >= 11 is 0. The second-order valence-electron chi connectivity index (χ2n) is 4.92. The Kier molecular flexibility index (Phi) is 4.93. The van der Waals surface area contributed by atoms with Crippen LogP contribution in [0.2, 0.25) is 0 Å². The minimum Gasteiger partial charge on any atom is -0.480 e. The van der Waals surface area contributed by atoms with Crippen LogP contribution in [0.4, 0.5) is 18.9 Å². The quantitative estimate of drug-likeness (QED) is 0.626. The molecule has 0 aliphatic heterocycles. The topological polar surface area (TPSA) is 116 Å². The Hall–Kier alpha value is -3.14. The van der Waals surface area contributed by atoms with Gasteiger partial charge in [-0.25, -0.2) is 0 Å². The molecule has 0 spiro atoms. The average molecular weight is 356 g/mol. The summed E-state index contributed by atoms with van der Waals surface area (Å²) in [4.78, 5) is 21.1. The zero-order chi connectivity index (χ0) is 18.8. The van der Waals surface area contributed by atoms with Crippen molar-refractivity contribution in [1.29, 1.82) is 0 Å². The maximum Gasteiger partial charge on any atom is 0.416 e. The number of rotatable bonds is 5. The van der Waals surface area contributed by atoms with Gasteiger partial charge in [-0.2, -0.15) is 13.2 Å². The number of non-ortho nitro benzene ring substituents is 1. The molecule has 132 valence electrons. The lowest BCUT2D eigenvalue weighted by Gasteiger charge is -2.15. The lowest BCUT2D eigenvalue weighted by molar-refractivity contribution is -0.384. The molecule has 0 heterocycles. The van der Waals surface area contributed by atoms with E-state index in [-0.39, 0.29) is 17.1 Å². The fourth-order valence-electron chi connectivity index (χ4n) is 1.98. The number of ether oxygens (including phenoxy) is 1. The molecule has 7 nitrogen and oxygen atoms in total. The third-order valence-corrected chi connectivity index (χ3v) is 3.19. The van der Waals surface area contributed by atoms with E-state index in [0.29, 0.717) is 0 Å². The van der Waals surface area contributed by atoms with Gasteiger partial charge in [0.2, 0.25) is 0 Å². The third-order valence-electron chi connectivity index (χ3n) is 3.19. The standard InChI is InChI=1S/C15H11F3N2O5/c16-15(17,18)8-2-1-3-10(6-8)25-12-5-4-9(20(23)24)7-11(12)13(19)14(21)22/h1-7,13H,19H2,(H,21,22)/t13-/m0/s1. The highest BCUT2D eigenvalue weighted by Gasteiger charge is 2.31. The fraction of sp³-hybridized carbons (Fsp3) is 0.133. The molecule has 0 fully saturated rings. The molecule has 10 heteroatoms. The van der Waals surface area contributed by atoms with Gasteiger partial charge in [-0.05, 0) is 24.3 Å². The molecule has 0 aromatic heterocycles. The molecule has 0 radical (unpaired) electrons. The van der Waals surface area contributed by atoms with E-state index < -0.39 is 34.4 Å². The Balaban J connectivity index is 2.45. The number of aliphatic carboxylic acids is 1. The molecule has 0 saturated heterocycles. The van der Waals surface area contributed by atoms with Crippen LogP contribution in [0.15, 0.2) is 42.5 Å². The van der Waals surface area contributed by atoms with Gasteiger partial charge in [0.15, 0.2) is 0 Å². The van der Waals surface area contributed by atoms with Crippen LogP contribution in [-0.4, -0.2) is 16.0 Å². The second-order valence-corrected chi connectivity index (χ2v) is 4.92. The molecule has 0 aliphatic carbocycles. The number of hydrogen-bond donors (Lipinski definition) is 2. The van der Waals surface area contributed by atoms with Gasteiger partial charge in [-0.15, -0.1) is 0 Å². The summed E-state index contributed by atoms with van der Waals surface area (Å²) in [6.07, 6.45) is -4.59. The molecule has 2 aromatic carbocycles. The molecule has 0 amide bonds. The highest BCUT2D eigenvalue weighted by molar-refractivity contribution is 5.77. The maximum absolute atomic E-state index is 12.7. The first-order chi connectivity index (χ1) is 11.6. The molecule has 25 heavy (non-hydrogen) atoms. The van der Waals surface area contributed by atoms with Crippen molar-refractivity contribution in [3.8, 4) is 11.5 Å². The Morgan fingerprint density at radius 3 is 2.48 bits per heavy atom. The van der Waals surface area contributed by atoms with E-state index in [1.54, 1.807) is 0 Å². The fourth-order valence-corrected chi connectivity index (χ4v) is 1.98. The summed E-state index contributed by atoms with van der Waals surface area (Å²) in [7, 11) is 0. The zero-order valence-electron chi connectivity index (χ0n) is 12.4. The van der Waals surface area contributed by atoms with Gasteiger partial charge in [-0.3, -0.25) is 14.9 Å². The third kappa shape index (κ3) is 4.23. The smallest absolute Gasteiger partial charge is 0.416 e. The van der Waals surface area contributed by atoms with Crippen molar-refractivity contribution in [2.45, 2.75) is 12.2 Å². The predicted molar refractivity (Wildman–Crippen MR) is 79.2 cm³/mol. The number of nitro groups is 1. The Labute approximate surface area is 138 Å². The van der Waals surface area contributed by atoms with Crippen molar-refractivity contribution < 1.29 is 32.7 Å². The Bertz CT molecular complexity index is 823. The summed E-state index contributed by atoms with van der Waals surface area (Å²) in [5, 5.41) is 19.8. The molecule has 2 rings (SSSR count). The summed E-state index contributed by atoms with van der Waals surface area (Å²) < 4.78 is 43.5. The molecule has 0 aliphatic rings. The van der Waals surface area contributed by atoms with Gasteiger partial charge in [0, 0.05) is 17.7 Å². The molecule has 0 saturated carbocycles. The summed E-state index contributed by atoms with van der Waals surface area (Å²) in [6, 6.07) is 5.26. The van der Waals surface area contributed by atoms with Crippen LogP contribution in [-0.2, 0) is 11.0 Å². The predicted octanol–water partition coefficient (Wildman–Crippen LogP) is 3.49. The first kappa shape index (κ1) is 18.2. The van der Waals surface area contributed by atoms with Crippen LogP contribution >= 0.6 is 0 Å². The van der Waals surface area contributed by atoms with Crippen LogP contribution in [0.3, 0.4) is 0 Å². The average Bonchev–Trinajstić information content (AvgIpc) is 2.53. The van der Waals surface area contributed by atoms with E-state index in [0.717, 1.165) is 36.4 Å². The van der Waals surface area contributed by atoms with Crippen molar-refractivity contribution in [1.82, 2.24) is 0 Å². The Morgan fingerprint density at radius 2 is 1.92 bits per heavy atom. The number of halogens is 3. The molecular formula is C15H11F3N2O5. The van der Waals surface area contributed by atoms with E-state index in [4.69, 9.17) is 15.6 Å². The molecular weight excluding hydrogens is 345 g/mol. The molecule has 1 atom stereocenters. The van der Waals surface area contributed by atoms with Gasteiger partial charge in [0.05, 0.1) is 10.5 Å². The molecule has 2 aromatic rings. The number of nitrogens with two attached hydrogens (primary N) is 1. The lowest BCUT2D eigenvalue weighted by atomic mass is 10.1. The number of nitrogens with zero attached hydrogens (tertiary/aromatic N) is 1. The Morgan fingerprint density at radius 1 is 1.24 bits per heavy atom. The number of hydrogen-bond acceptors (Lipinski definition) is 5. The normalized spacial score (nSPS) is 12.5. The number of carboxylic acid groups (broad SMARTS) is 1. The van der Waals surface area contributed by atoms with Crippen molar-refractivity contribution in [2.24, 2.45) is 5.73 Å². The number of alkyl halides is 3. The maximum atomic E-state index is 12.7. The highest BCUT2D eigenvalue weighted by atomic mass is 19.4. The number of carboxylic acids is 1. The zero-order valence-corrected chi connectivity index (χ0v) is 12.4. The van der Waals surface area contributed by atoms with E-state index >= 15 is 0 Å². The van der Waals surface area contributed by atoms with Gasteiger partial charge in [0.25, 0.3) is 5.69 Å². The van der Waals surface area contributed by atoms with Crippen LogP contribution in [0, 0.1) is 10.1 Å². The van der Waals surface area contributed by atoms with E-state index in [1.165, 1.54) is 6.07 Å². The number of nitro benzene ring substituents is 1. The van der Waals surface area contributed by atoms with Crippen molar-refractivity contribution in [2.75, 3.05) is 0 Å². The van der Waals surface area contributed by atoms with Crippen LogP contribution in [0.5, 0.6) is 11.5 Å². The van der Waals surface area contributed by atoms with Gasteiger partial charge >= 0.3 is 12.1 Å². The van der Waals surface area contributed by atoms with Crippen molar-refractivity contribution in [3.05, 3.63) is 63.7 Å². The summed E-state index contributed by atoms with van der Waals surface area (Å²) in [5.74, 6) is -1.89. The monoisotopic (exact) mass is 356 g/mol. The lowest BCUT2D eigenvalue weighted by Crippen LogP contribution is -2.21. The van der Waals surface area contributed by atoms with Crippen LogP contribution < -0.4 is 10.5 Å². The largest absolute Gasteiger partial charge is 0.480 e. The van der Waals surface area contributed by atoms with Crippen LogP contribution in [0.25, 0.3) is 0 Å². The van der Waals surface area contributed by atoms with E-state index in [1.807, 2.05) is 0 Å². The minimum absolute atomic E-state index is 0.195. The first-order valence-electron chi connectivity index (χ1n) is 6.71. The number of benzene rings is 2. The first-order valence-corrected chi connectivity index (χ1v) is 6.71. The second kappa shape index (κ2) is 6.77. The molecule has 0 bridgehead atoms. The van der Waals surface area contributed by atoms with Crippen LogP contribution in [0.1, 0.15) is 17.2 Å². The van der Waals surface area contributed by atoms with E-state index in [9.17, 15) is 28.1 Å².